The van der Waals surface area contributed by atoms with Gasteiger partial charge in [-0.1, -0.05) is 25.9 Å². The van der Waals surface area contributed by atoms with Crippen molar-refractivity contribution < 1.29 is 14.4 Å². The number of aliphatic hydroxyl groups is 1. The molecule has 0 saturated carbocycles. The molecule has 20 heavy (non-hydrogen) atoms. The van der Waals surface area contributed by atoms with Crippen molar-refractivity contribution in [1.82, 2.24) is 15.5 Å². The Morgan fingerprint density at radius 1 is 1.40 bits per heavy atom. The molecule has 0 radical (unpaired) electrons. The predicted octanol–water partition coefficient (Wildman–Crippen LogP) is 1.48. The number of carbonyl (C=O) groups is 1. The van der Waals surface area contributed by atoms with Crippen LogP contribution >= 0.6 is 0 Å². The van der Waals surface area contributed by atoms with Crippen LogP contribution in [0, 0.1) is 5.92 Å². The number of amides is 1. The molecule has 6 heteroatoms. The van der Waals surface area contributed by atoms with Gasteiger partial charge in [0.2, 0.25) is 11.8 Å². The topological polar surface area (TPSA) is 88.2 Å². The molecular weight excluding hydrogens is 258 g/mol. The summed E-state index contributed by atoms with van der Waals surface area (Å²) in [5, 5.41) is 15.9. The van der Waals surface area contributed by atoms with Crippen molar-refractivity contribution in [2.24, 2.45) is 5.92 Å². The van der Waals surface area contributed by atoms with Crippen molar-refractivity contribution in [2.45, 2.75) is 58.9 Å². The molecule has 0 aliphatic carbocycles. The van der Waals surface area contributed by atoms with E-state index in [1.807, 2.05) is 6.92 Å². The second kappa shape index (κ2) is 8.68. The van der Waals surface area contributed by atoms with Gasteiger partial charge in [0.15, 0.2) is 5.82 Å². The number of aromatic nitrogens is 2. The molecule has 1 rings (SSSR count). The number of aliphatic hydroxyl groups excluding tert-OH is 1. The maximum atomic E-state index is 11.8. The Bertz CT molecular complexity index is 404. The molecule has 114 valence electrons. The van der Waals surface area contributed by atoms with E-state index in [1.165, 1.54) is 0 Å². The van der Waals surface area contributed by atoms with E-state index < -0.39 is 0 Å². The van der Waals surface area contributed by atoms with Gasteiger partial charge in [0.25, 0.3) is 0 Å². The average Bonchev–Trinajstić information content (AvgIpc) is 2.83. The smallest absolute Gasteiger partial charge is 0.227 e. The van der Waals surface area contributed by atoms with Crippen LogP contribution < -0.4 is 5.32 Å². The van der Waals surface area contributed by atoms with Crippen molar-refractivity contribution in [3.8, 4) is 0 Å². The molecule has 0 aromatic carbocycles. The second-order valence-electron chi connectivity index (χ2n) is 5.43. The Kier molecular flexibility index (Phi) is 7.22. The lowest BCUT2D eigenvalue weighted by Crippen LogP contribution is -2.38. The van der Waals surface area contributed by atoms with E-state index >= 15 is 0 Å². The van der Waals surface area contributed by atoms with Crippen molar-refractivity contribution in [3.05, 3.63) is 11.7 Å². The number of aryl methyl sites for hydroxylation is 2. The van der Waals surface area contributed by atoms with Gasteiger partial charge in [-0.2, -0.15) is 4.98 Å². The summed E-state index contributed by atoms with van der Waals surface area (Å²) in [6, 6.07) is -0.180. The van der Waals surface area contributed by atoms with Crippen LogP contribution in [0.3, 0.4) is 0 Å². The highest BCUT2D eigenvalue weighted by atomic mass is 16.5. The van der Waals surface area contributed by atoms with Crippen LogP contribution in [0.25, 0.3) is 0 Å². The normalized spacial score (nSPS) is 12.7. The molecule has 6 nitrogen and oxygen atoms in total. The summed E-state index contributed by atoms with van der Waals surface area (Å²) in [6.45, 7) is 6.13. The molecular formula is C14H25N3O3. The van der Waals surface area contributed by atoms with Crippen LogP contribution in [0.5, 0.6) is 0 Å². The summed E-state index contributed by atoms with van der Waals surface area (Å²) in [5.74, 6) is 1.52. The molecule has 0 fully saturated rings. The van der Waals surface area contributed by atoms with Gasteiger partial charge in [-0.25, -0.2) is 0 Å². The van der Waals surface area contributed by atoms with Gasteiger partial charge in [0.05, 0.1) is 12.6 Å². The van der Waals surface area contributed by atoms with Crippen molar-refractivity contribution in [1.29, 1.82) is 0 Å². The third kappa shape index (κ3) is 6.14. The molecule has 0 spiro atoms. The van der Waals surface area contributed by atoms with E-state index in [0.29, 0.717) is 30.5 Å². The lowest BCUT2D eigenvalue weighted by atomic mass is 10.0. The molecule has 0 aliphatic heterocycles. The first kappa shape index (κ1) is 16.6. The predicted molar refractivity (Wildman–Crippen MR) is 75.1 cm³/mol. The molecule has 0 saturated heterocycles. The fourth-order valence-electron chi connectivity index (χ4n) is 1.99. The Morgan fingerprint density at radius 2 is 2.15 bits per heavy atom. The highest BCUT2D eigenvalue weighted by Crippen LogP contribution is 2.06. The monoisotopic (exact) mass is 283 g/mol. The van der Waals surface area contributed by atoms with Crippen LogP contribution in [0.1, 0.15) is 51.7 Å². The maximum absolute atomic E-state index is 11.8. The molecule has 1 unspecified atom stereocenters. The minimum absolute atomic E-state index is 0.0366. The van der Waals surface area contributed by atoms with E-state index in [4.69, 9.17) is 4.52 Å². The number of rotatable bonds is 9. The number of nitrogens with one attached hydrogen (secondary N) is 1. The standard InChI is InChI=1S/C14H25N3O3/c1-4-5-12-16-14(20-17-12)7-6-13(19)15-11(9-18)8-10(2)3/h10-11,18H,4-9H2,1-3H3,(H,15,19). The van der Waals surface area contributed by atoms with E-state index in [2.05, 4.69) is 29.3 Å². The van der Waals surface area contributed by atoms with E-state index in [9.17, 15) is 9.90 Å². The summed E-state index contributed by atoms with van der Waals surface area (Å²) in [5.41, 5.74) is 0. The minimum Gasteiger partial charge on any atom is -0.394 e. The van der Waals surface area contributed by atoms with Crippen molar-refractivity contribution in [2.75, 3.05) is 6.61 Å². The summed E-state index contributed by atoms with van der Waals surface area (Å²) < 4.78 is 5.07. The Labute approximate surface area is 120 Å². The SMILES string of the molecule is CCCc1noc(CCC(=O)NC(CO)CC(C)C)n1. The first-order chi connectivity index (χ1) is 9.55. The maximum Gasteiger partial charge on any atom is 0.227 e. The Hall–Kier alpha value is -1.43. The Morgan fingerprint density at radius 3 is 2.75 bits per heavy atom. The zero-order chi connectivity index (χ0) is 15.0. The zero-order valence-electron chi connectivity index (χ0n) is 12.6. The van der Waals surface area contributed by atoms with Gasteiger partial charge in [-0.05, 0) is 18.8 Å². The van der Waals surface area contributed by atoms with Gasteiger partial charge in [-0.15, -0.1) is 0 Å². The van der Waals surface area contributed by atoms with Crippen LogP contribution in [-0.4, -0.2) is 33.8 Å². The van der Waals surface area contributed by atoms with Crippen LogP contribution in [0.15, 0.2) is 4.52 Å². The molecule has 1 atom stereocenters. The van der Waals surface area contributed by atoms with Gasteiger partial charge in [0.1, 0.15) is 0 Å². The molecule has 0 aliphatic rings. The molecule has 1 amide bonds. The molecule has 0 bridgehead atoms. The van der Waals surface area contributed by atoms with E-state index in [-0.39, 0.29) is 18.6 Å². The highest BCUT2D eigenvalue weighted by molar-refractivity contribution is 5.76. The Balaban J connectivity index is 2.34. The first-order valence-electron chi connectivity index (χ1n) is 7.26. The number of nitrogens with zero attached hydrogens (tertiary/aromatic N) is 2. The fourth-order valence-corrected chi connectivity index (χ4v) is 1.99. The zero-order valence-corrected chi connectivity index (χ0v) is 12.6. The van der Waals surface area contributed by atoms with Crippen LogP contribution in [-0.2, 0) is 17.6 Å². The first-order valence-corrected chi connectivity index (χ1v) is 7.26. The largest absolute Gasteiger partial charge is 0.394 e. The fraction of sp³-hybridized carbons (Fsp3) is 0.786. The van der Waals surface area contributed by atoms with Gasteiger partial charge in [0, 0.05) is 19.3 Å². The average molecular weight is 283 g/mol. The molecule has 1 aromatic heterocycles. The quantitative estimate of drug-likeness (QED) is 0.716. The number of hydrogen-bond acceptors (Lipinski definition) is 5. The summed E-state index contributed by atoms with van der Waals surface area (Å²) >= 11 is 0. The summed E-state index contributed by atoms with van der Waals surface area (Å²) in [6.07, 6.45) is 3.25. The van der Waals surface area contributed by atoms with Gasteiger partial charge < -0.3 is 14.9 Å². The second-order valence-corrected chi connectivity index (χ2v) is 5.43. The molecule has 1 heterocycles. The lowest BCUT2D eigenvalue weighted by molar-refractivity contribution is -0.122. The third-order valence-corrected chi connectivity index (χ3v) is 2.89. The third-order valence-electron chi connectivity index (χ3n) is 2.89. The molecule has 1 aromatic rings. The van der Waals surface area contributed by atoms with Crippen molar-refractivity contribution in [3.63, 3.8) is 0 Å². The highest BCUT2D eigenvalue weighted by Gasteiger charge is 2.14. The summed E-state index contributed by atoms with van der Waals surface area (Å²) in [4.78, 5) is 16.0. The van der Waals surface area contributed by atoms with Gasteiger partial charge in [-0.3, -0.25) is 4.79 Å². The van der Waals surface area contributed by atoms with E-state index in [1.54, 1.807) is 0 Å². The van der Waals surface area contributed by atoms with Crippen LogP contribution in [0.4, 0.5) is 0 Å². The minimum atomic E-state index is -0.180. The lowest BCUT2D eigenvalue weighted by Gasteiger charge is -2.17. The van der Waals surface area contributed by atoms with Gasteiger partial charge >= 0.3 is 0 Å². The van der Waals surface area contributed by atoms with Crippen molar-refractivity contribution >= 4 is 5.91 Å². The number of carbonyl (C=O) groups excluding carboxylic acids is 1. The van der Waals surface area contributed by atoms with E-state index in [0.717, 1.165) is 19.3 Å². The summed E-state index contributed by atoms with van der Waals surface area (Å²) in [7, 11) is 0. The molecule has 2 N–H and O–H groups in total. The van der Waals surface area contributed by atoms with Crippen LogP contribution in [0.2, 0.25) is 0 Å². The number of hydrogen-bond donors (Lipinski definition) is 2.